The highest BCUT2D eigenvalue weighted by molar-refractivity contribution is 7.11. The van der Waals surface area contributed by atoms with Crippen molar-refractivity contribution in [3.05, 3.63) is 45.9 Å². The molecule has 0 aliphatic carbocycles. The third-order valence-corrected chi connectivity index (χ3v) is 4.52. The summed E-state index contributed by atoms with van der Waals surface area (Å²) < 4.78 is 5.66. The van der Waals surface area contributed by atoms with Crippen LogP contribution in [0.5, 0.6) is 5.75 Å². The monoisotopic (exact) mass is 265 g/mol. The van der Waals surface area contributed by atoms with Gasteiger partial charge in [0, 0.05) is 22.6 Å². The number of rotatable bonds is 2. The highest BCUT2D eigenvalue weighted by atomic mass is 35.5. The summed E-state index contributed by atoms with van der Waals surface area (Å²) in [5.74, 6) is 1.90. The van der Waals surface area contributed by atoms with Gasteiger partial charge in [-0.1, -0.05) is 18.2 Å². The standard InChI is InChI=1S/C13H12ClNOS/c14-7-9-8-15-13(17-9)11-5-6-16-12-4-2-1-3-10(11)12/h1-4,8,11H,5-7H2. The van der Waals surface area contributed by atoms with Crippen molar-refractivity contribution in [3.63, 3.8) is 0 Å². The van der Waals surface area contributed by atoms with Crippen LogP contribution in [0.2, 0.25) is 0 Å². The number of hydrogen-bond donors (Lipinski definition) is 0. The van der Waals surface area contributed by atoms with Gasteiger partial charge in [-0.25, -0.2) is 4.98 Å². The van der Waals surface area contributed by atoms with Crippen molar-refractivity contribution in [2.24, 2.45) is 0 Å². The minimum atomic E-state index is 0.363. The molecule has 88 valence electrons. The average molecular weight is 266 g/mol. The van der Waals surface area contributed by atoms with Gasteiger partial charge in [-0.15, -0.1) is 22.9 Å². The molecule has 1 atom stereocenters. The van der Waals surface area contributed by atoms with Gasteiger partial charge in [0.2, 0.25) is 0 Å². The Balaban J connectivity index is 1.99. The predicted molar refractivity (Wildman–Crippen MR) is 70.1 cm³/mol. The number of alkyl halides is 1. The first-order valence-corrected chi connectivity index (χ1v) is 6.96. The van der Waals surface area contributed by atoms with Gasteiger partial charge >= 0.3 is 0 Å². The van der Waals surface area contributed by atoms with E-state index in [4.69, 9.17) is 16.3 Å². The molecule has 3 rings (SSSR count). The molecular weight excluding hydrogens is 254 g/mol. The van der Waals surface area contributed by atoms with Gasteiger partial charge in [0.05, 0.1) is 12.5 Å². The van der Waals surface area contributed by atoms with E-state index in [0.717, 1.165) is 28.7 Å². The van der Waals surface area contributed by atoms with E-state index in [-0.39, 0.29) is 0 Å². The van der Waals surface area contributed by atoms with E-state index >= 15 is 0 Å². The van der Waals surface area contributed by atoms with Gasteiger partial charge in [-0.05, 0) is 12.5 Å². The van der Waals surface area contributed by atoms with Crippen LogP contribution in [-0.4, -0.2) is 11.6 Å². The van der Waals surface area contributed by atoms with Gasteiger partial charge in [0.15, 0.2) is 0 Å². The fourth-order valence-electron chi connectivity index (χ4n) is 2.14. The van der Waals surface area contributed by atoms with Gasteiger partial charge < -0.3 is 4.74 Å². The first-order valence-electron chi connectivity index (χ1n) is 5.61. The van der Waals surface area contributed by atoms with Gasteiger partial charge in [-0.3, -0.25) is 0 Å². The van der Waals surface area contributed by atoms with E-state index in [0.29, 0.717) is 11.8 Å². The summed E-state index contributed by atoms with van der Waals surface area (Å²) in [7, 11) is 0. The molecule has 0 spiro atoms. The smallest absolute Gasteiger partial charge is 0.123 e. The first kappa shape index (κ1) is 11.1. The van der Waals surface area contributed by atoms with Crippen LogP contribution in [0.15, 0.2) is 30.5 Å². The number of ether oxygens (including phenoxy) is 1. The highest BCUT2D eigenvalue weighted by Gasteiger charge is 2.24. The van der Waals surface area contributed by atoms with Crippen LogP contribution in [0, 0.1) is 0 Å². The van der Waals surface area contributed by atoms with Crippen molar-refractivity contribution in [3.8, 4) is 5.75 Å². The van der Waals surface area contributed by atoms with Crippen LogP contribution in [0.3, 0.4) is 0 Å². The van der Waals surface area contributed by atoms with Crippen LogP contribution in [0.4, 0.5) is 0 Å². The fourth-order valence-corrected chi connectivity index (χ4v) is 3.30. The molecule has 2 aromatic rings. The van der Waals surface area contributed by atoms with Crippen LogP contribution in [0.1, 0.15) is 27.8 Å². The van der Waals surface area contributed by atoms with Crippen molar-refractivity contribution in [1.29, 1.82) is 0 Å². The van der Waals surface area contributed by atoms with Crippen molar-refractivity contribution in [2.75, 3.05) is 6.61 Å². The zero-order chi connectivity index (χ0) is 11.7. The van der Waals surface area contributed by atoms with Crippen LogP contribution < -0.4 is 4.74 Å². The molecule has 2 heterocycles. The number of aromatic nitrogens is 1. The number of thiazole rings is 1. The average Bonchev–Trinajstić information content (AvgIpc) is 2.87. The lowest BCUT2D eigenvalue weighted by molar-refractivity contribution is 0.277. The molecule has 0 radical (unpaired) electrons. The summed E-state index contributed by atoms with van der Waals surface area (Å²) >= 11 is 7.53. The second-order valence-corrected chi connectivity index (χ2v) is 5.44. The molecule has 4 heteroatoms. The molecular formula is C13H12ClNOS. The molecule has 1 aliphatic rings. The lowest BCUT2D eigenvalue weighted by Gasteiger charge is -2.24. The Morgan fingerprint density at radius 3 is 3.12 bits per heavy atom. The molecule has 0 N–H and O–H groups in total. The molecule has 1 aromatic heterocycles. The number of fused-ring (bicyclic) bond motifs is 1. The van der Waals surface area contributed by atoms with E-state index in [1.54, 1.807) is 11.3 Å². The number of nitrogens with zero attached hydrogens (tertiary/aromatic N) is 1. The molecule has 1 aliphatic heterocycles. The number of halogens is 1. The lowest BCUT2D eigenvalue weighted by Crippen LogP contribution is -2.14. The Bertz CT molecular complexity index is 526. The van der Waals surface area contributed by atoms with Crippen molar-refractivity contribution >= 4 is 22.9 Å². The van der Waals surface area contributed by atoms with Gasteiger partial charge in [0.25, 0.3) is 0 Å². The number of hydrogen-bond acceptors (Lipinski definition) is 3. The van der Waals surface area contributed by atoms with E-state index in [1.807, 2.05) is 18.3 Å². The van der Waals surface area contributed by atoms with E-state index in [2.05, 4.69) is 17.1 Å². The van der Waals surface area contributed by atoms with Crippen LogP contribution in [0.25, 0.3) is 0 Å². The summed E-state index contributed by atoms with van der Waals surface area (Å²) in [6.07, 6.45) is 2.87. The summed E-state index contributed by atoms with van der Waals surface area (Å²) in [4.78, 5) is 5.62. The summed E-state index contributed by atoms with van der Waals surface area (Å²) in [5, 5.41) is 1.15. The molecule has 0 saturated heterocycles. The minimum Gasteiger partial charge on any atom is -0.493 e. The zero-order valence-corrected chi connectivity index (χ0v) is 10.8. The maximum absolute atomic E-state index is 5.83. The molecule has 2 nitrogen and oxygen atoms in total. The molecule has 0 saturated carbocycles. The van der Waals surface area contributed by atoms with E-state index in [9.17, 15) is 0 Å². The second-order valence-electron chi connectivity index (χ2n) is 4.03. The topological polar surface area (TPSA) is 22.1 Å². The predicted octanol–water partition coefficient (Wildman–Crippen LogP) is 3.80. The Hall–Kier alpha value is -1.06. The Kier molecular flexibility index (Phi) is 3.04. The van der Waals surface area contributed by atoms with Gasteiger partial charge in [-0.2, -0.15) is 0 Å². The maximum atomic E-state index is 5.83. The third kappa shape index (κ3) is 2.05. The maximum Gasteiger partial charge on any atom is 0.123 e. The number of benzene rings is 1. The zero-order valence-electron chi connectivity index (χ0n) is 9.23. The highest BCUT2D eigenvalue weighted by Crippen LogP contribution is 2.39. The molecule has 0 fully saturated rings. The minimum absolute atomic E-state index is 0.363. The fraction of sp³-hybridized carbons (Fsp3) is 0.308. The molecule has 0 bridgehead atoms. The van der Waals surface area contributed by atoms with E-state index < -0.39 is 0 Å². The third-order valence-electron chi connectivity index (χ3n) is 2.96. The van der Waals surface area contributed by atoms with Crippen molar-refractivity contribution in [2.45, 2.75) is 18.2 Å². The second kappa shape index (κ2) is 4.67. The van der Waals surface area contributed by atoms with Crippen LogP contribution >= 0.6 is 22.9 Å². The summed E-state index contributed by atoms with van der Waals surface area (Å²) in [6, 6.07) is 8.21. The molecule has 1 unspecified atom stereocenters. The van der Waals surface area contributed by atoms with Crippen molar-refractivity contribution < 1.29 is 4.74 Å². The molecule has 0 amide bonds. The Morgan fingerprint density at radius 1 is 1.41 bits per heavy atom. The molecule has 17 heavy (non-hydrogen) atoms. The quantitative estimate of drug-likeness (QED) is 0.771. The van der Waals surface area contributed by atoms with Gasteiger partial charge in [0.1, 0.15) is 10.8 Å². The van der Waals surface area contributed by atoms with E-state index in [1.165, 1.54) is 5.56 Å². The summed E-state index contributed by atoms with van der Waals surface area (Å²) in [5.41, 5.74) is 1.24. The SMILES string of the molecule is ClCc1cnc(C2CCOc3ccccc32)s1. The first-order chi connectivity index (χ1) is 8.38. The van der Waals surface area contributed by atoms with Crippen molar-refractivity contribution in [1.82, 2.24) is 4.98 Å². The van der Waals surface area contributed by atoms with Crippen LogP contribution in [-0.2, 0) is 5.88 Å². The molecule has 1 aromatic carbocycles. The largest absolute Gasteiger partial charge is 0.493 e. The summed E-state index contributed by atoms with van der Waals surface area (Å²) in [6.45, 7) is 0.761. The Morgan fingerprint density at radius 2 is 2.29 bits per heavy atom. The number of para-hydroxylation sites is 1. The lowest BCUT2D eigenvalue weighted by atomic mass is 9.94. The normalized spacial score (nSPS) is 18.5. The Labute approximate surface area is 109 Å².